The average molecular weight is 195 g/mol. The van der Waals surface area contributed by atoms with Gasteiger partial charge in [0.15, 0.2) is 0 Å². The van der Waals surface area contributed by atoms with Crippen LogP contribution in [0, 0.1) is 11.8 Å². The second-order valence-corrected chi connectivity index (χ2v) is 5.34. The molecule has 2 heterocycles. The molecule has 0 radical (unpaired) electrons. The summed E-state index contributed by atoms with van der Waals surface area (Å²) in [5.41, 5.74) is 0. The normalized spacial score (nSPS) is 52.3. The number of hydrogen-bond donors (Lipinski definition) is 0. The van der Waals surface area contributed by atoms with E-state index in [9.17, 15) is 0 Å². The molecule has 4 bridgehead atoms. The molecule has 2 saturated heterocycles. The third kappa shape index (κ3) is 1.04. The molecule has 80 valence electrons. The highest BCUT2D eigenvalue weighted by molar-refractivity contribution is 5.05. The van der Waals surface area contributed by atoms with Gasteiger partial charge in [-0.3, -0.25) is 4.90 Å². The third-order valence-corrected chi connectivity index (χ3v) is 4.98. The van der Waals surface area contributed by atoms with E-state index in [4.69, 9.17) is 4.74 Å². The monoisotopic (exact) mass is 195 g/mol. The van der Waals surface area contributed by atoms with Crippen LogP contribution >= 0.6 is 0 Å². The van der Waals surface area contributed by atoms with E-state index >= 15 is 0 Å². The second kappa shape index (κ2) is 3.21. The highest BCUT2D eigenvalue weighted by Crippen LogP contribution is 2.49. The minimum atomic E-state index is 0.581. The molecule has 0 amide bonds. The van der Waals surface area contributed by atoms with Gasteiger partial charge >= 0.3 is 0 Å². The van der Waals surface area contributed by atoms with Gasteiger partial charge in [0.05, 0.1) is 6.10 Å². The zero-order chi connectivity index (χ0) is 9.71. The largest absolute Gasteiger partial charge is 0.381 e. The van der Waals surface area contributed by atoms with Crippen molar-refractivity contribution in [2.24, 2.45) is 11.8 Å². The fourth-order valence-corrected chi connectivity index (χ4v) is 4.43. The van der Waals surface area contributed by atoms with E-state index in [1.807, 2.05) is 7.11 Å². The van der Waals surface area contributed by atoms with Crippen molar-refractivity contribution in [3.05, 3.63) is 0 Å². The van der Waals surface area contributed by atoms with E-state index in [0.717, 1.165) is 23.9 Å². The van der Waals surface area contributed by atoms with Crippen LogP contribution in [0.3, 0.4) is 0 Å². The first-order chi connectivity index (χ1) is 6.83. The fourth-order valence-electron chi connectivity index (χ4n) is 4.43. The summed E-state index contributed by atoms with van der Waals surface area (Å²) >= 11 is 0. The van der Waals surface area contributed by atoms with Crippen molar-refractivity contribution >= 4 is 0 Å². The van der Waals surface area contributed by atoms with Gasteiger partial charge in [0.1, 0.15) is 0 Å². The van der Waals surface area contributed by atoms with Crippen molar-refractivity contribution in [1.29, 1.82) is 0 Å². The molecule has 14 heavy (non-hydrogen) atoms. The maximum absolute atomic E-state index is 5.76. The molecule has 2 heteroatoms. The van der Waals surface area contributed by atoms with Gasteiger partial charge in [-0.15, -0.1) is 0 Å². The molecule has 3 rings (SSSR count). The molecular weight excluding hydrogens is 174 g/mol. The van der Waals surface area contributed by atoms with Crippen molar-refractivity contribution in [2.45, 2.75) is 50.3 Å². The number of rotatable bonds is 1. The summed E-state index contributed by atoms with van der Waals surface area (Å²) in [7, 11) is 4.25. The molecule has 1 saturated carbocycles. The Morgan fingerprint density at radius 2 is 1.57 bits per heavy atom. The number of nitrogens with zero attached hydrogens (tertiary/aromatic N) is 1. The first-order valence-corrected chi connectivity index (χ1v) is 6.07. The van der Waals surface area contributed by atoms with Crippen LogP contribution in [0.5, 0.6) is 0 Å². The fraction of sp³-hybridized carbons (Fsp3) is 1.00. The maximum Gasteiger partial charge on any atom is 0.0657 e. The molecule has 1 aliphatic carbocycles. The smallest absolute Gasteiger partial charge is 0.0657 e. The van der Waals surface area contributed by atoms with Crippen LogP contribution in [0.4, 0.5) is 0 Å². The van der Waals surface area contributed by atoms with E-state index < -0.39 is 0 Å². The number of hydrogen-bond acceptors (Lipinski definition) is 2. The summed E-state index contributed by atoms with van der Waals surface area (Å²) in [4.78, 5) is 2.66. The van der Waals surface area contributed by atoms with Gasteiger partial charge in [-0.05, 0) is 32.7 Å². The highest BCUT2D eigenvalue weighted by atomic mass is 16.5. The molecule has 3 fully saturated rings. The van der Waals surface area contributed by atoms with Gasteiger partial charge in [0.2, 0.25) is 0 Å². The van der Waals surface area contributed by atoms with Gasteiger partial charge in [-0.2, -0.15) is 0 Å². The summed E-state index contributed by atoms with van der Waals surface area (Å²) in [6.07, 6.45) is 7.66. The lowest BCUT2D eigenvalue weighted by Gasteiger charge is -2.50. The van der Waals surface area contributed by atoms with Crippen molar-refractivity contribution in [3.8, 4) is 0 Å². The Balaban J connectivity index is 1.93. The summed E-state index contributed by atoms with van der Waals surface area (Å²) < 4.78 is 5.76. The van der Waals surface area contributed by atoms with Crippen LogP contribution < -0.4 is 0 Å². The first kappa shape index (κ1) is 9.17. The number of ether oxygens (including phenoxy) is 1. The summed E-state index contributed by atoms with van der Waals surface area (Å²) in [6.45, 7) is 0. The van der Waals surface area contributed by atoms with E-state index in [2.05, 4.69) is 11.9 Å². The Kier molecular flexibility index (Phi) is 2.10. The van der Waals surface area contributed by atoms with Crippen LogP contribution in [0.15, 0.2) is 0 Å². The topological polar surface area (TPSA) is 12.5 Å². The lowest BCUT2D eigenvalue weighted by Crippen LogP contribution is -2.57. The van der Waals surface area contributed by atoms with E-state index in [1.54, 1.807) is 0 Å². The van der Waals surface area contributed by atoms with Crippen molar-refractivity contribution in [1.82, 2.24) is 4.90 Å². The van der Waals surface area contributed by atoms with E-state index in [-0.39, 0.29) is 0 Å². The summed E-state index contributed by atoms with van der Waals surface area (Å²) in [6, 6.07) is 1.67. The minimum absolute atomic E-state index is 0.581. The van der Waals surface area contributed by atoms with Gasteiger partial charge < -0.3 is 4.74 Å². The Hall–Kier alpha value is -0.0800. The SMILES string of the molecule is COC1[C@H]2CCC[C@@H]1[C@H]1CC[C@@H]2N1C. The van der Waals surface area contributed by atoms with Crippen LogP contribution in [0.25, 0.3) is 0 Å². The van der Waals surface area contributed by atoms with Crippen molar-refractivity contribution in [2.75, 3.05) is 14.2 Å². The van der Waals surface area contributed by atoms with Gasteiger partial charge in [-0.1, -0.05) is 6.42 Å². The standard InChI is InChI=1S/C12H21NO/c1-13-10-6-7-11(13)9-5-3-4-8(10)12(9)14-2/h8-12H,3-7H2,1-2H3/t8-,9+,10-,11+,12?. The Labute approximate surface area is 86.6 Å². The van der Waals surface area contributed by atoms with Crippen LogP contribution in [0.1, 0.15) is 32.1 Å². The quantitative estimate of drug-likeness (QED) is 0.633. The van der Waals surface area contributed by atoms with Gasteiger partial charge in [0, 0.05) is 31.0 Å². The van der Waals surface area contributed by atoms with Crippen LogP contribution in [-0.4, -0.2) is 37.2 Å². The molecule has 5 atom stereocenters. The van der Waals surface area contributed by atoms with Crippen LogP contribution in [0.2, 0.25) is 0 Å². The maximum atomic E-state index is 5.76. The zero-order valence-corrected chi connectivity index (χ0v) is 9.28. The van der Waals surface area contributed by atoms with E-state index in [0.29, 0.717) is 6.10 Å². The van der Waals surface area contributed by atoms with Crippen LogP contribution in [-0.2, 0) is 4.74 Å². The second-order valence-electron chi connectivity index (χ2n) is 5.34. The molecule has 3 aliphatic rings. The molecule has 0 N–H and O–H groups in total. The lowest BCUT2D eigenvalue weighted by molar-refractivity contribution is -0.101. The predicted molar refractivity (Wildman–Crippen MR) is 56.2 cm³/mol. The number of methoxy groups -OCH3 is 1. The summed E-state index contributed by atoms with van der Waals surface area (Å²) in [5, 5.41) is 0. The Bertz CT molecular complexity index is 210. The van der Waals surface area contributed by atoms with Crippen molar-refractivity contribution < 1.29 is 4.74 Å². The predicted octanol–water partition coefficient (Wildman–Crippen LogP) is 1.89. The van der Waals surface area contributed by atoms with Gasteiger partial charge in [0.25, 0.3) is 0 Å². The molecule has 1 unspecified atom stereocenters. The molecule has 0 aromatic heterocycles. The first-order valence-electron chi connectivity index (χ1n) is 6.07. The molecule has 2 aliphatic heterocycles. The molecule has 0 aromatic rings. The molecule has 0 aromatic carbocycles. The lowest BCUT2D eigenvalue weighted by atomic mass is 9.71. The highest BCUT2D eigenvalue weighted by Gasteiger charge is 2.52. The molecular formula is C12H21NO. The average Bonchev–Trinajstić information content (AvgIpc) is 2.54. The molecule has 0 spiro atoms. The Morgan fingerprint density at radius 1 is 1.00 bits per heavy atom. The van der Waals surface area contributed by atoms with E-state index in [1.165, 1.54) is 32.1 Å². The number of piperidine rings is 1. The zero-order valence-electron chi connectivity index (χ0n) is 9.28. The molecule has 2 nitrogen and oxygen atoms in total. The minimum Gasteiger partial charge on any atom is -0.381 e. The third-order valence-electron chi connectivity index (χ3n) is 4.98. The number of fused-ring (bicyclic) bond motifs is 6. The summed E-state index contributed by atoms with van der Waals surface area (Å²) in [5.74, 6) is 1.67. The Morgan fingerprint density at radius 3 is 2.07 bits per heavy atom. The van der Waals surface area contributed by atoms with Crippen molar-refractivity contribution in [3.63, 3.8) is 0 Å². The van der Waals surface area contributed by atoms with Gasteiger partial charge in [-0.25, -0.2) is 0 Å².